The Balaban J connectivity index is 2.38. The van der Waals surface area contributed by atoms with Crippen molar-refractivity contribution in [3.05, 3.63) is 39.5 Å². The highest BCUT2D eigenvalue weighted by Crippen LogP contribution is 2.29. The number of nitrogens with two attached hydrogens (primary N) is 1. The van der Waals surface area contributed by atoms with Crippen LogP contribution in [0.5, 0.6) is 5.75 Å². The van der Waals surface area contributed by atoms with E-state index in [2.05, 4.69) is 38.1 Å². The predicted octanol–water partition coefficient (Wildman–Crippen LogP) is 3.69. The Hall–Kier alpha value is -1.86. The van der Waals surface area contributed by atoms with Crippen LogP contribution in [0, 0.1) is 6.92 Å². The summed E-state index contributed by atoms with van der Waals surface area (Å²) in [6, 6.07) is 6.11. The SMILES string of the molecule is CCC[C@@H](CCO)Nc1nc(N)nc(C)c1Cc1ccc(Br)cc1OC. The van der Waals surface area contributed by atoms with Crippen molar-refractivity contribution in [2.75, 3.05) is 24.8 Å². The largest absolute Gasteiger partial charge is 0.496 e. The lowest BCUT2D eigenvalue weighted by Crippen LogP contribution is -2.23. The van der Waals surface area contributed by atoms with E-state index in [0.717, 1.165) is 45.7 Å². The Morgan fingerprint density at radius 1 is 1.31 bits per heavy atom. The van der Waals surface area contributed by atoms with Gasteiger partial charge in [-0.1, -0.05) is 35.3 Å². The Bertz CT molecular complexity index is 734. The number of hydrogen-bond acceptors (Lipinski definition) is 6. The molecule has 7 heteroatoms. The number of aliphatic hydroxyl groups is 1. The van der Waals surface area contributed by atoms with Crippen LogP contribution in [0.25, 0.3) is 0 Å². The number of hydrogen-bond donors (Lipinski definition) is 3. The number of aromatic nitrogens is 2. The molecule has 0 bridgehead atoms. The molecule has 0 spiro atoms. The number of anilines is 2. The lowest BCUT2D eigenvalue weighted by molar-refractivity contribution is 0.276. The minimum absolute atomic E-state index is 0.132. The van der Waals surface area contributed by atoms with Crippen LogP contribution in [0.15, 0.2) is 22.7 Å². The van der Waals surface area contributed by atoms with E-state index in [-0.39, 0.29) is 18.6 Å². The molecule has 0 saturated heterocycles. The van der Waals surface area contributed by atoms with Crippen molar-refractivity contribution < 1.29 is 9.84 Å². The van der Waals surface area contributed by atoms with E-state index < -0.39 is 0 Å². The van der Waals surface area contributed by atoms with E-state index in [1.165, 1.54) is 0 Å². The Morgan fingerprint density at radius 2 is 2.08 bits per heavy atom. The van der Waals surface area contributed by atoms with Gasteiger partial charge in [0.1, 0.15) is 11.6 Å². The third kappa shape index (κ3) is 5.32. The number of ether oxygens (including phenoxy) is 1. The summed E-state index contributed by atoms with van der Waals surface area (Å²) in [6.45, 7) is 4.19. The molecule has 4 N–H and O–H groups in total. The molecule has 1 aromatic carbocycles. The van der Waals surface area contributed by atoms with Gasteiger partial charge in [-0.3, -0.25) is 0 Å². The lowest BCUT2D eigenvalue weighted by atomic mass is 10.0. The lowest BCUT2D eigenvalue weighted by Gasteiger charge is -2.21. The van der Waals surface area contributed by atoms with E-state index in [9.17, 15) is 5.11 Å². The summed E-state index contributed by atoms with van der Waals surface area (Å²) in [5.41, 5.74) is 8.75. The first-order valence-corrected chi connectivity index (χ1v) is 9.60. The first-order valence-electron chi connectivity index (χ1n) is 8.81. The summed E-state index contributed by atoms with van der Waals surface area (Å²) in [5.74, 6) is 1.78. The molecule has 6 nitrogen and oxygen atoms in total. The fourth-order valence-corrected chi connectivity index (χ4v) is 3.33. The molecule has 0 aliphatic rings. The zero-order valence-electron chi connectivity index (χ0n) is 15.6. The number of nitrogens with one attached hydrogen (secondary N) is 1. The van der Waals surface area contributed by atoms with Gasteiger partial charge in [0.2, 0.25) is 5.95 Å². The van der Waals surface area contributed by atoms with E-state index >= 15 is 0 Å². The monoisotopic (exact) mass is 422 g/mol. The van der Waals surface area contributed by atoms with Gasteiger partial charge in [-0.2, -0.15) is 4.98 Å². The van der Waals surface area contributed by atoms with Crippen molar-refractivity contribution in [3.8, 4) is 5.75 Å². The van der Waals surface area contributed by atoms with Gasteiger partial charge in [-0.15, -0.1) is 0 Å². The summed E-state index contributed by atoms with van der Waals surface area (Å²) >= 11 is 3.47. The zero-order valence-corrected chi connectivity index (χ0v) is 17.1. The van der Waals surface area contributed by atoms with E-state index in [1.807, 2.05) is 25.1 Å². The summed E-state index contributed by atoms with van der Waals surface area (Å²) < 4.78 is 6.48. The number of benzene rings is 1. The van der Waals surface area contributed by atoms with Crippen LogP contribution < -0.4 is 15.8 Å². The minimum atomic E-state index is 0.132. The molecular formula is C19H27BrN4O2. The molecule has 0 fully saturated rings. The first-order chi connectivity index (χ1) is 12.5. The van der Waals surface area contributed by atoms with Crippen molar-refractivity contribution >= 4 is 27.7 Å². The van der Waals surface area contributed by atoms with Gasteiger partial charge in [0, 0.05) is 34.8 Å². The van der Waals surface area contributed by atoms with Crippen molar-refractivity contribution in [2.24, 2.45) is 0 Å². The highest BCUT2D eigenvalue weighted by Gasteiger charge is 2.17. The first kappa shape index (κ1) is 20.5. The van der Waals surface area contributed by atoms with Gasteiger partial charge in [0.15, 0.2) is 0 Å². The molecule has 0 radical (unpaired) electrons. The Labute approximate surface area is 163 Å². The number of aliphatic hydroxyl groups excluding tert-OH is 1. The fraction of sp³-hybridized carbons (Fsp3) is 0.474. The Kier molecular flexibility index (Phi) is 7.66. The average Bonchev–Trinajstić information content (AvgIpc) is 2.59. The molecule has 0 amide bonds. The number of methoxy groups -OCH3 is 1. The third-order valence-corrected chi connectivity index (χ3v) is 4.80. The number of nitrogen functional groups attached to an aromatic ring is 1. The fourth-order valence-electron chi connectivity index (χ4n) is 2.99. The van der Waals surface area contributed by atoms with Gasteiger partial charge in [-0.05, 0) is 37.5 Å². The van der Waals surface area contributed by atoms with E-state index in [1.54, 1.807) is 7.11 Å². The van der Waals surface area contributed by atoms with Crippen LogP contribution in [-0.4, -0.2) is 34.8 Å². The third-order valence-electron chi connectivity index (χ3n) is 4.30. The average molecular weight is 423 g/mol. The van der Waals surface area contributed by atoms with Gasteiger partial charge in [-0.25, -0.2) is 4.98 Å². The highest BCUT2D eigenvalue weighted by atomic mass is 79.9. The second-order valence-corrected chi connectivity index (χ2v) is 7.19. The second kappa shape index (κ2) is 9.73. The molecule has 1 heterocycles. The molecule has 0 aliphatic carbocycles. The topological polar surface area (TPSA) is 93.3 Å². The van der Waals surface area contributed by atoms with E-state index in [4.69, 9.17) is 10.5 Å². The molecule has 2 rings (SSSR count). The van der Waals surface area contributed by atoms with Crippen LogP contribution >= 0.6 is 15.9 Å². The van der Waals surface area contributed by atoms with Crippen LogP contribution in [0.3, 0.4) is 0 Å². The predicted molar refractivity (Wildman–Crippen MR) is 109 cm³/mol. The van der Waals surface area contributed by atoms with Crippen LogP contribution in [-0.2, 0) is 6.42 Å². The van der Waals surface area contributed by atoms with Gasteiger partial charge >= 0.3 is 0 Å². The van der Waals surface area contributed by atoms with Crippen molar-refractivity contribution in [1.82, 2.24) is 9.97 Å². The normalized spacial score (nSPS) is 12.0. The number of aryl methyl sites for hydroxylation is 1. The zero-order chi connectivity index (χ0) is 19.1. The molecule has 1 aromatic heterocycles. The standard InChI is InChI=1S/C19H27BrN4O2/c1-4-5-15(8-9-25)23-18-16(12(2)22-19(21)24-18)10-13-6-7-14(20)11-17(13)26-3/h6-7,11,15,25H,4-5,8-10H2,1-3H3,(H3,21,22,23,24)/t15-/m0/s1. The van der Waals surface area contributed by atoms with Crippen LogP contribution in [0.2, 0.25) is 0 Å². The van der Waals surface area contributed by atoms with Crippen LogP contribution in [0.4, 0.5) is 11.8 Å². The summed E-state index contributed by atoms with van der Waals surface area (Å²) in [4.78, 5) is 8.76. The minimum Gasteiger partial charge on any atom is -0.496 e. The second-order valence-electron chi connectivity index (χ2n) is 6.27. The molecule has 26 heavy (non-hydrogen) atoms. The maximum absolute atomic E-state index is 9.33. The summed E-state index contributed by atoms with van der Waals surface area (Å²) in [6.07, 6.45) is 3.26. The van der Waals surface area contributed by atoms with E-state index in [0.29, 0.717) is 12.8 Å². The van der Waals surface area contributed by atoms with Crippen molar-refractivity contribution in [1.29, 1.82) is 0 Å². The molecule has 0 aliphatic heterocycles. The number of rotatable bonds is 9. The maximum Gasteiger partial charge on any atom is 0.222 e. The summed E-state index contributed by atoms with van der Waals surface area (Å²) in [5, 5.41) is 12.8. The van der Waals surface area contributed by atoms with Crippen LogP contribution in [0.1, 0.15) is 43.0 Å². The summed E-state index contributed by atoms with van der Waals surface area (Å²) in [7, 11) is 1.66. The molecule has 1 atom stereocenters. The molecule has 0 unspecified atom stereocenters. The van der Waals surface area contributed by atoms with Gasteiger partial charge in [0.05, 0.1) is 7.11 Å². The van der Waals surface area contributed by atoms with Crippen molar-refractivity contribution in [2.45, 2.75) is 45.6 Å². The molecule has 0 saturated carbocycles. The molecular weight excluding hydrogens is 396 g/mol. The van der Waals surface area contributed by atoms with Crippen molar-refractivity contribution in [3.63, 3.8) is 0 Å². The Morgan fingerprint density at radius 3 is 2.73 bits per heavy atom. The number of nitrogens with zero attached hydrogens (tertiary/aromatic N) is 2. The van der Waals surface area contributed by atoms with Gasteiger partial charge in [0.25, 0.3) is 0 Å². The number of halogens is 1. The molecule has 2 aromatic rings. The smallest absolute Gasteiger partial charge is 0.222 e. The quantitative estimate of drug-likeness (QED) is 0.570. The van der Waals surface area contributed by atoms with Gasteiger partial charge < -0.3 is 20.9 Å². The maximum atomic E-state index is 9.33. The molecule has 142 valence electrons. The highest BCUT2D eigenvalue weighted by molar-refractivity contribution is 9.10.